The molecule has 2 N–H and O–H groups in total. The van der Waals surface area contributed by atoms with E-state index in [9.17, 15) is 19.3 Å². The highest BCUT2D eigenvalue weighted by atomic mass is 19.1. The first kappa shape index (κ1) is 14.4. The Morgan fingerprint density at radius 2 is 2.00 bits per heavy atom. The summed E-state index contributed by atoms with van der Waals surface area (Å²) >= 11 is 0. The second kappa shape index (κ2) is 6.00. The largest absolute Gasteiger partial charge is 0.478 e. The first-order chi connectivity index (χ1) is 9.99. The number of carbonyl (C=O) groups is 1. The van der Waals surface area contributed by atoms with Crippen LogP contribution in [0, 0.1) is 15.9 Å². The Morgan fingerprint density at radius 1 is 1.29 bits per heavy atom. The van der Waals surface area contributed by atoms with Gasteiger partial charge in [0.15, 0.2) is 0 Å². The molecule has 0 spiro atoms. The van der Waals surface area contributed by atoms with E-state index in [-0.39, 0.29) is 23.5 Å². The molecule has 0 saturated carbocycles. The first-order valence-corrected chi connectivity index (χ1v) is 5.98. The maximum Gasteiger partial charge on any atom is 0.338 e. The van der Waals surface area contributed by atoms with E-state index in [1.807, 2.05) is 0 Å². The van der Waals surface area contributed by atoms with Gasteiger partial charge in [-0.2, -0.15) is 0 Å². The van der Waals surface area contributed by atoms with Gasteiger partial charge in [0, 0.05) is 29.9 Å². The number of carboxylic acids is 1. The fourth-order valence-corrected chi connectivity index (χ4v) is 1.81. The van der Waals surface area contributed by atoms with Crippen LogP contribution in [0.25, 0.3) is 0 Å². The Labute approximate surface area is 119 Å². The van der Waals surface area contributed by atoms with Crippen LogP contribution in [0.3, 0.4) is 0 Å². The molecule has 0 radical (unpaired) electrons. The van der Waals surface area contributed by atoms with Gasteiger partial charge < -0.3 is 10.4 Å². The van der Waals surface area contributed by atoms with Crippen molar-refractivity contribution >= 4 is 17.3 Å². The van der Waals surface area contributed by atoms with Crippen LogP contribution >= 0.6 is 0 Å². The van der Waals surface area contributed by atoms with E-state index in [2.05, 4.69) is 5.32 Å². The number of halogens is 1. The van der Waals surface area contributed by atoms with E-state index in [0.29, 0.717) is 5.56 Å². The fraction of sp³-hybridized carbons (Fsp3) is 0.0714. The minimum atomic E-state index is -1.30. The second-order valence-corrected chi connectivity index (χ2v) is 4.24. The number of carboxylic acid groups (broad SMARTS) is 1. The van der Waals surface area contributed by atoms with Crippen LogP contribution in [0.15, 0.2) is 42.5 Å². The van der Waals surface area contributed by atoms with Gasteiger partial charge in [0.25, 0.3) is 5.69 Å². The monoisotopic (exact) mass is 290 g/mol. The molecule has 7 heteroatoms. The van der Waals surface area contributed by atoms with Crippen LogP contribution in [0.1, 0.15) is 15.9 Å². The molecule has 2 aromatic rings. The highest BCUT2D eigenvalue weighted by molar-refractivity contribution is 5.95. The van der Waals surface area contributed by atoms with Gasteiger partial charge in [-0.1, -0.05) is 18.2 Å². The van der Waals surface area contributed by atoms with Gasteiger partial charge in [-0.05, 0) is 12.1 Å². The van der Waals surface area contributed by atoms with Crippen LogP contribution in [0.5, 0.6) is 0 Å². The molecule has 0 unspecified atom stereocenters. The zero-order chi connectivity index (χ0) is 15.4. The summed E-state index contributed by atoms with van der Waals surface area (Å²) in [7, 11) is 0. The number of nitrogens with one attached hydrogen (secondary N) is 1. The van der Waals surface area contributed by atoms with Crippen LogP contribution in [-0.2, 0) is 6.54 Å². The van der Waals surface area contributed by atoms with E-state index in [4.69, 9.17) is 5.11 Å². The van der Waals surface area contributed by atoms with Crippen molar-refractivity contribution in [1.82, 2.24) is 0 Å². The number of non-ortho nitro benzene ring substituents is 1. The molecular formula is C14H11FN2O4. The molecule has 0 heterocycles. The smallest absolute Gasteiger partial charge is 0.338 e. The quantitative estimate of drug-likeness (QED) is 0.652. The number of hydrogen-bond acceptors (Lipinski definition) is 4. The van der Waals surface area contributed by atoms with Crippen molar-refractivity contribution in [2.45, 2.75) is 6.54 Å². The first-order valence-electron chi connectivity index (χ1n) is 5.98. The third kappa shape index (κ3) is 3.33. The van der Waals surface area contributed by atoms with Crippen molar-refractivity contribution in [1.29, 1.82) is 0 Å². The minimum Gasteiger partial charge on any atom is -0.478 e. The minimum absolute atomic E-state index is 0.0742. The van der Waals surface area contributed by atoms with Gasteiger partial charge in [0.05, 0.1) is 10.5 Å². The second-order valence-electron chi connectivity index (χ2n) is 4.24. The molecule has 0 aliphatic carbocycles. The zero-order valence-corrected chi connectivity index (χ0v) is 10.7. The van der Waals surface area contributed by atoms with Crippen molar-refractivity contribution in [3.05, 3.63) is 69.5 Å². The van der Waals surface area contributed by atoms with Crippen molar-refractivity contribution in [2.75, 3.05) is 5.32 Å². The van der Waals surface area contributed by atoms with Crippen molar-refractivity contribution < 1.29 is 19.2 Å². The number of nitro benzene ring substituents is 1. The van der Waals surface area contributed by atoms with Gasteiger partial charge in [-0.3, -0.25) is 10.1 Å². The zero-order valence-electron chi connectivity index (χ0n) is 10.7. The molecule has 0 amide bonds. The van der Waals surface area contributed by atoms with E-state index in [1.54, 1.807) is 18.2 Å². The lowest BCUT2D eigenvalue weighted by Crippen LogP contribution is -2.08. The fourth-order valence-electron chi connectivity index (χ4n) is 1.81. The molecule has 21 heavy (non-hydrogen) atoms. The number of hydrogen-bond donors (Lipinski definition) is 2. The number of nitro groups is 1. The number of nitrogens with zero attached hydrogens (tertiary/aromatic N) is 1. The number of aromatic carboxylic acids is 1. The topological polar surface area (TPSA) is 92.5 Å². The summed E-state index contributed by atoms with van der Waals surface area (Å²) in [5, 5.41) is 22.5. The molecular weight excluding hydrogens is 279 g/mol. The summed E-state index contributed by atoms with van der Waals surface area (Å²) in [6.45, 7) is 0.0742. The van der Waals surface area contributed by atoms with E-state index in [1.165, 1.54) is 18.2 Å². The average molecular weight is 290 g/mol. The number of rotatable bonds is 5. The van der Waals surface area contributed by atoms with Crippen molar-refractivity contribution in [3.63, 3.8) is 0 Å². The lowest BCUT2D eigenvalue weighted by molar-refractivity contribution is -0.384. The molecule has 6 nitrogen and oxygen atoms in total. The Morgan fingerprint density at radius 3 is 2.62 bits per heavy atom. The van der Waals surface area contributed by atoms with Crippen molar-refractivity contribution in [2.24, 2.45) is 0 Å². The Bertz CT molecular complexity index is 703. The van der Waals surface area contributed by atoms with Gasteiger partial charge in [-0.25, -0.2) is 9.18 Å². The summed E-state index contributed by atoms with van der Waals surface area (Å²) in [5.74, 6) is -1.71. The number of benzene rings is 2. The third-order valence-electron chi connectivity index (χ3n) is 2.87. The Balaban J connectivity index is 2.26. The highest BCUT2D eigenvalue weighted by Gasteiger charge is 2.16. The molecule has 0 fully saturated rings. The normalized spacial score (nSPS) is 10.1. The summed E-state index contributed by atoms with van der Waals surface area (Å²) in [6, 6.07) is 9.52. The maximum atomic E-state index is 13.5. The third-order valence-corrected chi connectivity index (χ3v) is 2.87. The predicted octanol–water partition coefficient (Wildman–Crippen LogP) is 3.04. The molecule has 0 aliphatic heterocycles. The molecule has 0 aromatic heterocycles. The lowest BCUT2D eigenvalue weighted by atomic mass is 10.1. The average Bonchev–Trinajstić information content (AvgIpc) is 2.46. The molecule has 0 aliphatic rings. The van der Waals surface area contributed by atoms with Gasteiger partial charge in [0.2, 0.25) is 0 Å². The van der Waals surface area contributed by atoms with Crippen LogP contribution in [-0.4, -0.2) is 16.0 Å². The van der Waals surface area contributed by atoms with Crippen LogP contribution in [0.2, 0.25) is 0 Å². The molecule has 2 aromatic carbocycles. The summed E-state index contributed by atoms with van der Waals surface area (Å²) in [6.07, 6.45) is 0. The molecule has 2 rings (SSSR count). The molecule has 0 atom stereocenters. The highest BCUT2D eigenvalue weighted by Crippen LogP contribution is 2.23. The van der Waals surface area contributed by atoms with Crippen molar-refractivity contribution in [3.8, 4) is 0 Å². The summed E-state index contributed by atoms with van der Waals surface area (Å²) < 4.78 is 13.5. The summed E-state index contributed by atoms with van der Waals surface area (Å²) in [4.78, 5) is 21.1. The van der Waals surface area contributed by atoms with Gasteiger partial charge in [-0.15, -0.1) is 0 Å². The Hall–Kier alpha value is -2.96. The van der Waals surface area contributed by atoms with E-state index < -0.39 is 16.7 Å². The molecule has 108 valence electrons. The van der Waals surface area contributed by atoms with Gasteiger partial charge in [0.1, 0.15) is 5.82 Å². The Kier molecular flexibility index (Phi) is 4.13. The maximum absolute atomic E-state index is 13.5. The molecule has 0 bridgehead atoms. The predicted molar refractivity (Wildman–Crippen MR) is 73.8 cm³/mol. The summed E-state index contributed by atoms with van der Waals surface area (Å²) in [5.41, 5.74) is 0.00734. The standard InChI is InChI=1S/C14H11FN2O4/c15-12-4-2-1-3-9(12)8-16-13-6-5-10(17(20)21)7-11(13)14(18)19/h1-7,16H,8H2,(H,18,19). The van der Waals surface area contributed by atoms with E-state index in [0.717, 1.165) is 6.07 Å². The van der Waals surface area contributed by atoms with Crippen LogP contribution in [0.4, 0.5) is 15.8 Å². The van der Waals surface area contributed by atoms with E-state index >= 15 is 0 Å². The van der Waals surface area contributed by atoms with Crippen LogP contribution < -0.4 is 5.32 Å². The SMILES string of the molecule is O=C(O)c1cc([N+](=O)[O-])ccc1NCc1ccccc1F. The number of anilines is 1. The lowest BCUT2D eigenvalue weighted by Gasteiger charge is -2.10. The molecule has 0 saturated heterocycles. The van der Waals surface area contributed by atoms with Gasteiger partial charge >= 0.3 is 5.97 Å².